The van der Waals surface area contributed by atoms with Gasteiger partial charge >= 0.3 is 144 Å². The van der Waals surface area contributed by atoms with Gasteiger partial charge in [0.15, 0.2) is 0 Å². The summed E-state index contributed by atoms with van der Waals surface area (Å²) in [6.07, 6.45) is 0.290. The van der Waals surface area contributed by atoms with Crippen molar-refractivity contribution in [3.8, 4) is 0 Å². The van der Waals surface area contributed by atoms with E-state index in [-0.39, 0.29) is 37.6 Å². The van der Waals surface area contributed by atoms with E-state index in [1.807, 2.05) is 0 Å². The fraction of sp³-hybridized carbons (Fsp3) is 0.750. The normalized spacial score (nSPS) is 12.0. The van der Waals surface area contributed by atoms with E-state index in [9.17, 15) is 22.5 Å². The summed E-state index contributed by atoms with van der Waals surface area (Å²) in [4.78, 5) is 46.5. The van der Waals surface area contributed by atoms with E-state index in [1.165, 1.54) is 13.8 Å². The molecule has 0 aromatic carbocycles. The van der Waals surface area contributed by atoms with Gasteiger partial charge in [-0.05, 0) is 0 Å². The van der Waals surface area contributed by atoms with Crippen LogP contribution in [0.25, 0.3) is 0 Å². The number of Topliss-reactive ketones (excluding diaryl/α,β-unsaturated/α-hetero) is 4. The van der Waals surface area contributed by atoms with Gasteiger partial charge in [0, 0.05) is 0 Å². The molecular weight excluding hydrogens is 352 g/mol. The van der Waals surface area contributed by atoms with Crippen molar-refractivity contribution in [1.82, 2.24) is 0 Å². The molecule has 0 amide bonds. The number of rotatable bonds is 14. The first-order valence-electron chi connectivity index (χ1n) is 8.25. The predicted molar refractivity (Wildman–Crippen MR) is 83.4 cm³/mol. The fourth-order valence-corrected chi connectivity index (χ4v) is 8.20. The zero-order valence-corrected chi connectivity index (χ0v) is 16.6. The van der Waals surface area contributed by atoms with Gasteiger partial charge in [-0.1, -0.05) is 0 Å². The quantitative estimate of drug-likeness (QED) is 0.337. The topological polar surface area (TPSA) is 104 Å². The van der Waals surface area contributed by atoms with E-state index in [2.05, 4.69) is 0 Å². The van der Waals surface area contributed by atoms with E-state index < -0.39 is 37.1 Å². The van der Waals surface area contributed by atoms with Crippen molar-refractivity contribution in [3.63, 3.8) is 0 Å². The summed E-state index contributed by atoms with van der Waals surface area (Å²) in [7, 11) is 0. The Morgan fingerprint density at radius 2 is 1.08 bits per heavy atom. The van der Waals surface area contributed by atoms with Gasteiger partial charge in [0.2, 0.25) is 0 Å². The monoisotopic (exact) mass is 380 g/mol. The Labute approximate surface area is 144 Å². The summed E-state index contributed by atoms with van der Waals surface area (Å²) in [6.45, 7) is 6.25. The summed E-state index contributed by atoms with van der Waals surface area (Å²) >= 11 is -5.66. The van der Waals surface area contributed by atoms with Gasteiger partial charge in [-0.2, -0.15) is 0 Å². The van der Waals surface area contributed by atoms with Crippen LogP contribution in [-0.2, 0) is 45.2 Å². The molecule has 24 heavy (non-hydrogen) atoms. The van der Waals surface area contributed by atoms with Crippen LogP contribution in [0.3, 0.4) is 0 Å². The third-order valence-corrected chi connectivity index (χ3v) is 9.24. The second-order valence-corrected chi connectivity index (χ2v) is 12.5. The molecule has 0 unspecified atom stereocenters. The van der Waals surface area contributed by atoms with Crippen molar-refractivity contribution >= 4 is 23.1 Å². The SMILES string of the molecule is CCC[O][Ti](=[O])([CH2]C(=O)CC(C)=O)([CH2]C(=O)CC(C)=O)[O]CCC. The van der Waals surface area contributed by atoms with Gasteiger partial charge in [0.25, 0.3) is 0 Å². The molecule has 0 N–H and O–H groups in total. The van der Waals surface area contributed by atoms with Crippen LogP contribution in [0.2, 0.25) is 9.45 Å². The summed E-state index contributed by atoms with van der Waals surface area (Å²) < 4.78 is 23.6. The number of carbonyl (C=O) groups is 4. The van der Waals surface area contributed by atoms with Gasteiger partial charge < -0.3 is 0 Å². The Morgan fingerprint density at radius 1 is 0.750 bits per heavy atom. The molecule has 0 spiro atoms. The zero-order valence-electron chi connectivity index (χ0n) is 15.0. The molecule has 0 atom stereocenters. The average Bonchev–Trinajstić information content (AvgIpc) is 2.41. The average molecular weight is 380 g/mol. The van der Waals surface area contributed by atoms with Gasteiger partial charge in [-0.25, -0.2) is 0 Å². The van der Waals surface area contributed by atoms with Crippen LogP contribution >= 0.6 is 0 Å². The van der Waals surface area contributed by atoms with Crippen molar-refractivity contribution in [1.29, 1.82) is 0 Å². The van der Waals surface area contributed by atoms with Crippen LogP contribution in [0.1, 0.15) is 53.4 Å². The predicted octanol–water partition coefficient (Wildman–Crippen LogP) is 2.64. The molecule has 0 aromatic heterocycles. The Morgan fingerprint density at radius 3 is 1.33 bits per heavy atom. The Kier molecular flexibility index (Phi) is 9.81. The van der Waals surface area contributed by atoms with Gasteiger partial charge in [0.1, 0.15) is 0 Å². The van der Waals surface area contributed by atoms with Crippen molar-refractivity contribution in [2.45, 2.75) is 62.8 Å². The molecule has 0 rings (SSSR count). The number of hydrogen-bond donors (Lipinski definition) is 0. The maximum absolute atomic E-state index is 13.7. The van der Waals surface area contributed by atoms with Crippen molar-refractivity contribution in [3.05, 3.63) is 0 Å². The molecule has 7 nitrogen and oxygen atoms in total. The van der Waals surface area contributed by atoms with Crippen LogP contribution in [0.5, 0.6) is 0 Å². The third-order valence-electron chi connectivity index (χ3n) is 3.23. The third kappa shape index (κ3) is 8.82. The van der Waals surface area contributed by atoms with E-state index in [4.69, 9.17) is 6.64 Å². The molecular formula is C16H28O7Ti. The van der Waals surface area contributed by atoms with E-state index >= 15 is 0 Å². The van der Waals surface area contributed by atoms with Crippen LogP contribution in [0.15, 0.2) is 0 Å². The van der Waals surface area contributed by atoms with Crippen molar-refractivity contribution in [2.75, 3.05) is 13.2 Å². The molecule has 8 heteroatoms. The fourth-order valence-electron chi connectivity index (χ4n) is 2.41. The van der Waals surface area contributed by atoms with Gasteiger partial charge in [-0.15, -0.1) is 0 Å². The first-order valence-corrected chi connectivity index (χ1v) is 12.4. The molecule has 0 aromatic rings. The molecule has 0 radical (unpaired) electrons. The van der Waals surface area contributed by atoms with E-state index in [0.717, 1.165) is 0 Å². The maximum atomic E-state index is 13.7. The minimum atomic E-state index is -5.66. The molecule has 0 aliphatic rings. The van der Waals surface area contributed by atoms with Crippen LogP contribution in [-0.4, -0.2) is 36.3 Å². The summed E-state index contributed by atoms with van der Waals surface area (Å²) in [5.41, 5.74) is 0. The van der Waals surface area contributed by atoms with Gasteiger partial charge in [0.05, 0.1) is 0 Å². The van der Waals surface area contributed by atoms with Gasteiger partial charge in [-0.3, -0.25) is 0 Å². The van der Waals surface area contributed by atoms with Crippen LogP contribution in [0.4, 0.5) is 0 Å². The van der Waals surface area contributed by atoms with Crippen molar-refractivity contribution < 1.29 is 45.2 Å². The summed E-state index contributed by atoms with van der Waals surface area (Å²) in [6, 6.07) is 0. The molecule has 0 aliphatic carbocycles. The molecule has 0 aliphatic heterocycles. The first-order chi connectivity index (χ1) is 11.0. The van der Waals surface area contributed by atoms with Crippen LogP contribution < -0.4 is 0 Å². The summed E-state index contributed by atoms with van der Waals surface area (Å²) in [5.74, 6) is -1.86. The molecule has 0 heterocycles. The molecule has 0 fully saturated rings. The van der Waals surface area contributed by atoms with Crippen molar-refractivity contribution in [2.24, 2.45) is 0 Å². The second-order valence-electron chi connectivity index (χ2n) is 6.25. The Bertz CT molecular complexity index is 503. The molecule has 138 valence electrons. The minimum absolute atomic E-state index is 0.0745. The number of hydrogen-bond acceptors (Lipinski definition) is 7. The molecule has 0 saturated heterocycles. The standard InChI is InChI=1S/2C5H7O2.2C3H7O.O.Ti/c2*1-4(6)3-5(2)7;2*1-2-3-4;;/h2*1,3H2,2H3;2*2-3H2,1H3;;/q;;2*-1;;+2. The summed E-state index contributed by atoms with van der Waals surface area (Å²) in [5, 5.41) is 0. The first kappa shape index (κ1) is 23.1. The van der Waals surface area contributed by atoms with E-state index in [1.54, 1.807) is 13.8 Å². The number of ketones is 4. The second kappa shape index (κ2) is 10.2. The Hall–Kier alpha value is -0.886. The molecule has 0 saturated carbocycles. The zero-order chi connectivity index (χ0) is 18.8. The molecule has 0 bridgehead atoms. The van der Waals surface area contributed by atoms with Crippen LogP contribution in [0, 0.1) is 0 Å². The number of carbonyl (C=O) groups excluding carboxylic acids is 4. The van der Waals surface area contributed by atoms with E-state index in [0.29, 0.717) is 12.8 Å². The Balaban J connectivity index is 5.62.